The maximum atomic E-state index is 2.44. The molecule has 23 heavy (non-hydrogen) atoms. The molecule has 1 heterocycles. The fraction of sp³-hybridized carbons (Fsp3) is 0.273. The monoisotopic (exact) mass is 299 g/mol. The number of aryl methyl sites for hydroxylation is 1. The Kier molecular flexibility index (Phi) is 2.39. The highest BCUT2D eigenvalue weighted by molar-refractivity contribution is 6.10. The van der Waals surface area contributed by atoms with Crippen LogP contribution in [0.3, 0.4) is 0 Å². The van der Waals surface area contributed by atoms with Crippen LogP contribution < -0.4 is 0 Å². The van der Waals surface area contributed by atoms with E-state index < -0.39 is 0 Å². The van der Waals surface area contributed by atoms with Gasteiger partial charge in [0.05, 0.1) is 0 Å². The number of fused-ring (bicyclic) bond motifs is 5. The zero-order valence-corrected chi connectivity index (χ0v) is 14.0. The molecule has 0 N–H and O–H groups in total. The predicted molar refractivity (Wildman–Crippen MR) is 98.7 cm³/mol. The van der Waals surface area contributed by atoms with Crippen LogP contribution in [0.15, 0.2) is 54.1 Å². The molecular formula is C22H21N. The number of para-hydroxylation sites is 1. The first-order valence-electron chi connectivity index (χ1n) is 8.51. The molecule has 5 rings (SSSR count). The van der Waals surface area contributed by atoms with Gasteiger partial charge in [-0.1, -0.05) is 49.8 Å². The first-order chi connectivity index (χ1) is 11.1. The van der Waals surface area contributed by atoms with Crippen molar-refractivity contribution in [2.45, 2.75) is 32.1 Å². The number of allylic oxidation sites excluding steroid dienone is 4. The quantitative estimate of drug-likeness (QED) is 0.500. The van der Waals surface area contributed by atoms with E-state index in [1.165, 1.54) is 51.3 Å². The van der Waals surface area contributed by atoms with Crippen molar-refractivity contribution in [1.29, 1.82) is 0 Å². The second-order valence-electron chi connectivity index (χ2n) is 7.45. The van der Waals surface area contributed by atoms with E-state index in [1.807, 2.05) is 0 Å². The summed E-state index contributed by atoms with van der Waals surface area (Å²) in [6.07, 6.45) is 7.06. The topological polar surface area (TPSA) is 4.93 Å². The van der Waals surface area contributed by atoms with Crippen LogP contribution >= 0.6 is 0 Å². The van der Waals surface area contributed by atoms with E-state index in [0.717, 1.165) is 0 Å². The van der Waals surface area contributed by atoms with Gasteiger partial charge in [0.25, 0.3) is 0 Å². The van der Waals surface area contributed by atoms with Crippen LogP contribution in [-0.2, 0) is 12.5 Å². The number of hydrogen-bond donors (Lipinski definition) is 0. The maximum Gasteiger partial charge on any atom is 0.0492 e. The highest BCUT2D eigenvalue weighted by Gasteiger charge is 2.37. The Hall–Kier alpha value is -2.28. The number of aromatic nitrogens is 1. The summed E-state index contributed by atoms with van der Waals surface area (Å²) in [6.45, 7) is 4.78. The lowest BCUT2D eigenvalue weighted by atomic mass is 9.78. The predicted octanol–water partition coefficient (Wildman–Crippen LogP) is 5.73. The Morgan fingerprint density at radius 1 is 1.00 bits per heavy atom. The fourth-order valence-corrected chi connectivity index (χ4v) is 4.67. The second-order valence-corrected chi connectivity index (χ2v) is 7.45. The van der Waals surface area contributed by atoms with Crippen LogP contribution in [-0.4, -0.2) is 4.57 Å². The summed E-state index contributed by atoms with van der Waals surface area (Å²) in [5, 5.41) is 2.74. The zero-order chi connectivity index (χ0) is 15.8. The minimum Gasteiger partial charge on any atom is -0.344 e. The van der Waals surface area contributed by atoms with Gasteiger partial charge < -0.3 is 4.57 Å². The van der Waals surface area contributed by atoms with Crippen LogP contribution in [0.1, 0.15) is 37.8 Å². The molecule has 0 unspecified atom stereocenters. The van der Waals surface area contributed by atoms with Crippen LogP contribution in [0.5, 0.6) is 0 Å². The lowest BCUT2D eigenvalue weighted by Crippen LogP contribution is -2.17. The highest BCUT2D eigenvalue weighted by atomic mass is 14.9. The average molecular weight is 299 g/mol. The number of nitrogens with zero attached hydrogens (tertiary/aromatic N) is 1. The van der Waals surface area contributed by atoms with Crippen LogP contribution in [0.2, 0.25) is 0 Å². The van der Waals surface area contributed by atoms with Gasteiger partial charge in [-0.15, -0.1) is 0 Å². The van der Waals surface area contributed by atoms with Crippen molar-refractivity contribution in [1.82, 2.24) is 4.57 Å². The standard InChI is InChI=1S/C22H21N/c1-22(2)18-10-6-4-8-14(18)16-12-17-15-9-5-7-11-20(15)23(3)21(17)13-19(16)22/h4-5,7-9,11-13H,6,10H2,1-3H3. The molecule has 3 aromatic rings. The van der Waals surface area contributed by atoms with Crippen LogP contribution in [0.4, 0.5) is 0 Å². The summed E-state index contributed by atoms with van der Waals surface area (Å²) >= 11 is 0. The van der Waals surface area contributed by atoms with E-state index in [9.17, 15) is 0 Å². The van der Waals surface area contributed by atoms with Gasteiger partial charge in [0.1, 0.15) is 0 Å². The molecule has 0 saturated carbocycles. The third-order valence-electron chi connectivity index (χ3n) is 5.94. The summed E-state index contributed by atoms with van der Waals surface area (Å²) < 4.78 is 2.34. The minimum atomic E-state index is 0.153. The molecule has 2 aliphatic carbocycles. The van der Waals surface area contributed by atoms with Crippen LogP contribution in [0, 0.1) is 0 Å². The average Bonchev–Trinajstić information content (AvgIpc) is 2.98. The highest BCUT2D eigenvalue weighted by Crippen LogP contribution is 2.51. The van der Waals surface area contributed by atoms with Crippen molar-refractivity contribution >= 4 is 27.4 Å². The van der Waals surface area contributed by atoms with Crippen molar-refractivity contribution in [2.24, 2.45) is 7.05 Å². The minimum absolute atomic E-state index is 0.153. The molecule has 1 heteroatoms. The Bertz CT molecular complexity index is 1040. The molecule has 2 aromatic carbocycles. The molecule has 1 nitrogen and oxygen atoms in total. The summed E-state index contributed by atoms with van der Waals surface area (Å²) in [4.78, 5) is 0. The van der Waals surface area contributed by atoms with Crippen molar-refractivity contribution in [3.05, 3.63) is 65.3 Å². The largest absolute Gasteiger partial charge is 0.344 e. The normalized spacial score (nSPS) is 18.7. The van der Waals surface area contributed by atoms with Gasteiger partial charge in [-0.25, -0.2) is 0 Å². The Morgan fingerprint density at radius 3 is 2.70 bits per heavy atom. The molecule has 0 fully saturated rings. The molecule has 0 radical (unpaired) electrons. The van der Waals surface area contributed by atoms with E-state index >= 15 is 0 Å². The first kappa shape index (κ1) is 13.2. The first-order valence-corrected chi connectivity index (χ1v) is 8.51. The van der Waals surface area contributed by atoms with Crippen LogP contribution in [0.25, 0.3) is 27.4 Å². The Labute approximate surface area is 136 Å². The van der Waals surface area contributed by atoms with E-state index in [2.05, 4.69) is 74.0 Å². The maximum absolute atomic E-state index is 2.44. The molecule has 0 spiro atoms. The van der Waals surface area contributed by atoms with Gasteiger partial charge in [0.2, 0.25) is 0 Å². The summed E-state index contributed by atoms with van der Waals surface area (Å²) in [5.74, 6) is 0. The summed E-state index contributed by atoms with van der Waals surface area (Å²) in [7, 11) is 2.19. The van der Waals surface area contributed by atoms with Gasteiger partial charge in [0, 0.05) is 34.3 Å². The van der Waals surface area contributed by atoms with Gasteiger partial charge >= 0.3 is 0 Å². The Morgan fingerprint density at radius 2 is 1.83 bits per heavy atom. The van der Waals surface area contributed by atoms with E-state index in [-0.39, 0.29) is 5.41 Å². The Balaban J connectivity index is 1.93. The van der Waals surface area contributed by atoms with Gasteiger partial charge in [-0.05, 0) is 47.7 Å². The summed E-state index contributed by atoms with van der Waals surface area (Å²) in [5.41, 5.74) is 8.86. The number of rotatable bonds is 0. The molecule has 0 amide bonds. The lowest BCUT2D eigenvalue weighted by molar-refractivity contribution is 0.608. The summed E-state index contributed by atoms with van der Waals surface area (Å²) in [6, 6.07) is 13.6. The van der Waals surface area contributed by atoms with Crippen molar-refractivity contribution in [2.75, 3.05) is 0 Å². The second kappa shape index (κ2) is 4.17. The van der Waals surface area contributed by atoms with Gasteiger partial charge in [0.15, 0.2) is 0 Å². The molecule has 114 valence electrons. The lowest BCUT2D eigenvalue weighted by Gasteiger charge is -2.25. The van der Waals surface area contributed by atoms with Crippen molar-refractivity contribution < 1.29 is 0 Å². The molecular weight excluding hydrogens is 278 g/mol. The third kappa shape index (κ3) is 1.53. The van der Waals surface area contributed by atoms with Crippen molar-refractivity contribution in [3.8, 4) is 0 Å². The SMILES string of the molecule is Cn1c2ccccc2c2cc3c(cc21)C(C)(C)C1=C3C=CCC1. The molecule has 0 saturated heterocycles. The van der Waals surface area contributed by atoms with E-state index in [1.54, 1.807) is 5.57 Å². The number of benzene rings is 2. The third-order valence-corrected chi connectivity index (χ3v) is 5.94. The fourth-order valence-electron chi connectivity index (χ4n) is 4.67. The smallest absolute Gasteiger partial charge is 0.0492 e. The molecule has 0 atom stereocenters. The van der Waals surface area contributed by atoms with Gasteiger partial charge in [-0.2, -0.15) is 0 Å². The molecule has 2 aliphatic rings. The molecule has 1 aromatic heterocycles. The van der Waals surface area contributed by atoms with Crippen molar-refractivity contribution in [3.63, 3.8) is 0 Å². The van der Waals surface area contributed by atoms with E-state index in [4.69, 9.17) is 0 Å². The molecule has 0 bridgehead atoms. The number of hydrogen-bond acceptors (Lipinski definition) is 0. The van der Waals surface area contributed by atoms with E-state index in [0.29, 0.717) is 0 Å². The zero-order valence-electron chi connectivity index (χ0n) is 14.0. The van der Waals surface area contributed by atoms with Gasteiger partial charge in [-0.3, -0.25) is 0 Å². The molecule has 0 aliphatic heterocycles.